The fourth-order valence-electron chi connectivity index (χ4n) is 7.32. The first kappa shape index (κ1) is 19.2. The van der Waals surface area contributed by atoms with Gasteiger partial charge >= 0.3 is 0 Å². The highest BCUT2D eigenvalue weighted by Gasteiger charge is 2.71. The van der Waals surface area contributed by atoms with Crippen LogP contribution in [0.3, 0.4) is 0 Å². The zero-order valence-corrected chi connectivity index (χ0v) is 16.0. The summed E-state index contributed by atoms with van der Waals surface area (Å²) in [5.74, 6) is -0.726. The molecule has 0 aliphatic heterocycles. The Kier molecular flexibility index (Phi) is 4.25. The molecule has 4 aliphatic carbocycles. The molecular formula is C21H30O6. The second-order valence-corrected chi connectivity index (χ2v) is 9.68. The fraction of sp³-hybridized carbons (Fsp3) is 0.810. The van der Waals surface area contributed by atoms with Crippen molar-refractivity contribution in [2.45, 2.75) is 70.2 Å². The van der Waals surface area contributed by atoms with Crippen LogP contribution in [0.4, 0.5) is 0 Å². The van der Waals surface area contributed by atoms with Gasteiger partial charge in [-0.05, 0) is 61.3 Å². The number of Topliss-reactive ketones (excluding diaryl/α,β-unsaturated/α-hetero) is 1. The second-order valence-electron chi connectivity index (χ2n) is 9.68. The minimum atomic E-state index is -2.03. The van der Waals surface area contributed by atoms with Gasteiger partial charge in [-0.15, -0.1) is 0 Å². The van der Waals surface area contributed by atoms with E-state index in [1.807, 2.05) is 0 Å². The van der Waals surface area contributed by atoms with Gasteiger partial charge in [0.15, 0.2) is 17.2 Å². The number of aliphatic hydroxyl groups excluding tert-OH is 3. The highest BCUT2D eigenvalue weighted by atomic mass is 16.4. The maximum atomic E-state index is 12.4. The van der Waals surface area contributed by atoms with E-state index in [0.29, 0.717) is 19.3 Å². The average Bonchev–Trinajstić information content (AvgIpc) is 2.82. The van der Waals surface area contributed by atoms with Gasteiger partial charge in [-0.3, -0.25) is 9.59 Å². The Hall–Kier alpha value is -1.08. The second kappa shape index (κ2) is 5.96. The third kappa shape index (κ3) is 2.27. The molecule has 3 fully saturated rings. The van der Waals surface area contributed by atoms with E-state index in [4.69, 9.17) is 0 Å². The molecule has 0 radical (unpaired) electrons. The van der Waals surface area contributed by atoms with Gasteiger partial charge < -0.3 is 20.4 Å². The first-order valence-corrected chi connectivity index (χ1v) is 10.1. The summed E-state index contributed by atoms with van der Waals surface area (Å²) in [6.45, 7) is 3.08. The van der Waals surface area contributed by atoms with E-state index >= 15 is 0 Å². The molecule has 3 saturated carbocycles. The largest absolute Gasteiger partial charge is 0.393 e. The van der Waals surface area contributed by atoms with Gasteiger partial charge in [-0.2, -0.15) is 0 Å². The van der Waals surface area contributed by atoms with E-state index < -0.39 is 35.6 Å². The van der Waals surface area contributed by atoms with Crippen LogP contribution in [0.2, 0.25) is 0 Å². The summed E-state index contributed by atoms with van der Waals surface area (Å²) in [4.78, 5) is 24.3. The molecule has 8 atom stereocenters. The predicted octanol–water partition coefficient (Wildman–Crippen LogP) is 0.752. The minimum absolute atomic E-state index is 0.0533. The van der Waals surface area contributed by atoms with Crippen molar-refractivity contribution in [3.8, 4) is 0 Å². The summed E-state index contributed by atoms with van der Waals surface area (Å²) in [7, 11) is 0. The number of carbonyl (C=O) groups excluding carboxylic acids is 2. The highest BCUT2D eigenvalue weighted by molar-refractivity contribution is 5.92. The first-order chi connectivity index (χ1) is 12.6. The summed E-state index contributed by atoms with van der Waals surface area (Å²) in [6.07, 6.45) is 3.01. The molecule has 0 heterocycles. The van der Waals surface area contributed by atoms with Gasteiger partial charge in [0.2, 0.25) is 0 Å². The van der Waals surface area contributed by atoms with Crippen molar-refractivity contribution >= 4 is 11.6 Å². The molecule has 3 unspecified atom stereocenters. The number of allylic oxidation sites excluding steroid dienone is 1. The topological polar surface area (TPSA) is 115 Å². The Bertz CT molecular complexity index is 715. The van der Waals surface area contributed by atoms with E-state index in [9.17, 15) is 30.0 Å². The number of rotatable bonds is 2. The first-order valence-electron chi connectivity index (χ1n) is 10.1. The van der Waals surface area contributed by atoms with Crippen molar-refractivity contribution in [1.29, 1.82) is 0 Å². The lowest BCUT2D eigenvalue weighted by molar-refractivity contribution is -0.193. The third-order valence-electron chi connectivity index (χ3n) is 8.69. The lowest BCUT2D eigenvalue weighted by atomic mass is 9.45. The molecule has 0 saturated heterocycles. The summed E-state index contributed by atoms with van der Waals surface area (Å²) in [5.41, 5.74) is -2.15. The Morgan fingerprint density at radius 2 is 1.96 bits per heavy atom. The molecule has 0 aromatic carbocycles. The number of hydrogen-bond acceptors (Lipinski definition) is 6. The normalized spacial score (nSPS) is 51.9. The zero-order valence-electron chi connectivity index (χ0n) is 16.0. The molecule has 0 spiro atoms. The lowest BCUT2D eigenvalue weighted by Gasteiger charge is -2.60. The quantitative estimate of drug-likeness (QED) is 0.564. The van der Waals surface area contributed by atoms with E-state index in [-0.39, 0.29) is 35.4 Å². The monoisotopic (exact) mass is 378 g/mol. The van der Waals surface area contributed by atoms with Crippen molar-refractivity contribution < 1.29 is 30.0 Å². The molecule has 6 heteroatoms. The lowest BCUT2D eigenvalue weighted by Crippen LogP contribution is -2.64. The average molecular weight is 378 g/mol. The Balaban J connectivity index is 1.77. The van der Waals surface area contributed by atoms with Crippen molar-refractivity contribution in [3.05, 3.63) is 11.6 Å². The maximum Gasteiger partial charge on any atom is 0.192 e. The smallest absolute Gasteiger partial charge is 0.192 e. The number of fused-ring (bicyclic) bond motifs is 5. The van der Waals surface area contributed by atoms with Crippen LogP contribution < -0.4 is 0 Å². The van der Waals surface area contributed by atoms with Crippen LogP contribution in [0.25, 0.3) is 0 Å². The maximum absolute atomic E-state index is 12.4. The molecule has 0 bridgehead atoms. The summed E-state index contributed by atoms with van der Waals surface area (Å²) < 4.78 is 0. The van der Waals surface area contributed by atoms with Crippen LogP contribution >= 0.6 is 0 Å². The molecule has 4 aliphatic rings. The van der Waals surface area contributed by atoms with Gasteiger partial charge in [0, 0.05) is 11.8 Å². The van der Waals surface area contributed by atoms with Crippen LogP contribution in [0.15, 0.2) is 11.6 Å². The third-order valence-corrected chi connectivity index (χ3v) is 8.69. The van der Waals surface area contributed by atoms with Crippen LogP contribution in [-0.4, -0.2) is 56.4 Å². The van der Waals surface area contributed by atoms with Gasteiger partial charge in [0.25, 0.3) is 0 Å². The van der Waals surface area contributed by atoms with Crippen molar-refractivity contribution in [3.63, 3.8) is 0 Å². The van der Waals surface area contributed by atoms with Gasteiger partial charge in [-0.25, -0.2) is 0 Å². The Labute approximate surface area is 159 Å². The van der Waals surface area contributed by atoms with Gasteiger partial charge in [-0.1, -0.05) is 19.4 Å². The molecule has 0 amide bonds. The molecule has 0 aromatic rings. The SMILES string of the molecule is C[C@]12CCC(=O)C=C1CCC1C2[C@@H](O)C[C@@]2(C)C1C[C@@H](O)[C@]2(O)C(=O)CO. The fourth-order valence-corrected chi connectivity index (χ4v) is 7.32. The minimum Gasteiger partial charge on any atom is -0.393 e. The number of hydrogen-bond donors (Lipinski definition) is 4. The molecule has 27 heavy (non-hydrogen) atoms. The van der Waals surface area contributed by atoms with Crippen LogP contribution in [0.1, 0.15) is 52.4 Å². The molecule has 0 aromatic heterocycles. The summed E-state index contributed by atoms with van der Waals surface area (Å²) in [6, 6.07) is 0. The van der Waals surface area contributed by atoms with E-state index in [1.165, 1.54) is 0 Å². The van der Waals surface area contributed by atoms with E-state index in [0.717, 1.165) is 18.4 Å². The van der Waals surface area contributed by atoms with Gasteiger partial charge in [0.05, 0.1) is 12.2 Å². The predicted molar refractivity (Wildman–Crippen MR) is 96.5 cm³/mol. The summed E-state index contributed by atoms with van der Waals surface area (Å²) >= 11 is 0. The molecule has 4 rings (SSSR count). The van der Waals surface area contributed by atoms with E-state index in [1.54, 1.807) is 13.0 Å². The molecule has 150 valence electrons. The van der Waals surface area contributed by atoms with E-state index in [2.05, 4.69) is 6.92 Å². The Morgan fingerprint density at radius 1 is 1.26 bits per heavy atom. The van der Waals surface area contributed by atoms with Crippen LogP contribution in [-0.2, 0) is 9.59 Å². The van der Waals surface area contributed by atoms with Crippen LogP contribution in [0.5, 0.6) is 0 Å². The van der Waals surface area contributed by atoms with Crippen molar-refractivity contribution in [1.82, 2.24) is 0 Å². The number of aliphatic hydroxyl groups is 4. The standard InChI is InChI=1S/C21H30O6/c1-19-6-5-12(23)7-11(19)3-4-13-14-8-16(25)21(27,17(26)10-22)20(14,2)9-15(24)18(13)19/h7,13-16,18,22,24-25,27H,3-6,8-10H2,1-2H3/t13?,14?,15-,16+,18?,19-,20-,21-/m0/s1. The molecule has 4 N–H and O–H groups in total. The molecular weight excluding hydrogens is 348 g/mol. The van der Waals surface area contributed by atoms with Crippen molar-refractivity contribution in [2.75, 3.05) is 6.61 Å². The molecule has 6 nitrogen and oxygen atoms in total. The highest BCUT2D eigenvalue weighted by Crippen LogP contribution is 2.67. The van der Waals surface area contributed by atoms with Gasteiger partial charge in [0.1, 0.15) is 6.61 Å². The van der Waals surface area contributed by atoms with Crippen LogP contribution in [0, 0.1) is 28.6 Å². The van der Waals surface area contributed by atoms with Crippen molar-refractivity contribution in [2.24, 2.45) is 28.6 Å². The zero-order chi connectivity index (χ0) is 19.8. The number of carbonyl (C=O) groups is 2. The Morgan fingerprint density at radius 3 is 2.63 bits per heavy atom. The number of ketones is 2. The summed E-state index contributed by atoms with van der Waals surface area (Å²) in [5, 5.41) is 42.4.